The molecule has 1 unspecified atom stereocenters. The van der Waals surface area contributed by atoms with Crippen molar-refractivity contribution in [2.24, 2.45) is 11.7 Å². The fourth-order valence-corrected chi connectivity index (χ4v) is 3.02. The predicted octanol–water partition coefficient (Wildman–Crippen LogP) is 3.16. The highest BCUT2D eigenvalue weighted by Crippen LogP contribution is 2.22. The van der Waals surface area contributed by atoms with Gasteiger partial charge in [0.2, 0.25) is 0 Å². The van der Waals surface area contributed by atoms with Crippen molar-refractivity contribution in [1.82, 2.24) is 4.90 Å². The van der Waals surface area contributed by atoms with E-state index in [9.17, 15) is 0 Å². The molecule has 1 aliphatic heterocycles. The fourth-order valence-electron chi connectivity index (χ4n) is 2.45. The van der Waals surface area contributed by atoms with E-state index in [-0.39, 0.29) is 0 Å². The Balaban J connectivity index is 2.00. The van der Waals surface area contributed by atoms with Gasteiger partial charge < -0.3 is 5.73 Å². The minimum Gasteiger partial charge on any atom is -0.330 e. The predicted molar refractivity (Wildman–Crippen MR) is 73.5 cm³/mol. The Kier molecular flexibility index (Phi) is 4.69. The van der Waals surface area contributed by atoms with E-state index in [0.717, 1.165) is 26.2 Å². The summed E-state index contributed by atoms with van der Waals surface area (Å²) in [5, 5.41) is 1.42. The van der Waals surface area contributed by atoms with E-state index in [4.69, 9.17) is 28.9 Å². The van der Waals surface area contributed by atoms with Gasteiger partial charge in [-0.2, -0.15) is 0 Å². The lowest BCUT2D eigenvalue weighted by molar-refractivity contribution is 0.171. The topological polar surface area (TPSA) is 29.3 Å². The summed E-state index contributed by atoms with van der Waals surface area (Å²) < 4.78 is 0. The fraction of sp³-hybridized carbons (Fsp3) is 0.538. The Morgan fingerprint density at radius 3 is 2.59 bits per heavy atom. The molecule has 4 heteroatoms. The van der Waals surface area contributed by atoms with E-state index in [1.807, 2.05) is 12.1 Å². The highest BCUT2D eigenvalue weighted by molar-refractivity contribution is 6.34. The minimum atomic E-state index is 0.637. The summed E-state index contributed by atoms with van der Waals surface area (Å²) in [5.74, 6) is 0.637. The van der Waals surface area contributed by atoms with Gasteiger partial charge in [0, 0.05) is 23.1 Å². The summed E-state index contributed by atoms with van der Waals surface area (Å²) in [7, 11) is 0. The largest absolute Gasteiger partial charge is 0.330 e. The molecule has 0 aliphatic carbocycles. The lowest BCUT2D eigenvalue weighted by Crippen LogP contribution is -2.37. The number of hydrogen-bond donors (Lipinski definition) is 1. The van der Waals surface area contributed by atoms with Crippen LogP contribution in [0.15, 0.2) is 18.2 Å². The van der Waals surface area contributed by atoms with Gasteiger partial charge in [-0.25, -0.2) is 0 Å². The Bertz CT molecular complexity index is 361. The van der Waals surface area contributed by atoms with Crippen molar-refractivity contribution in [2.45, 2.75) is 19.4 Å². The van der Waals surface area contributed by atoms with Gasteiger partial charge in [0.25, 0.3) is 0 Å². The van der Waals surface area contributed by atoms with E-state index < -0.39 is 0 Å². The first-order chi connectivity index (χ1) is 8.17. The van der Waals surface area contributed by atoms with Gasteiger partial charge in [0.05, 0.1) is 0 Å². The van der Waals surface area contributed by atoms with Crippen molar-refractivity contribution < 1.29 is 0 Å². The average Bonchev–Trinajstić information content (AvgIpc) is 2.28. The number of benzene rings is 1. The minimum absolute atomic E-state index is 0.637. The Hall–Kier alpha value is -0.280. The van der Waals surface area contributed by atoms with Crippen LogP contribution >= 0.6 is 23.2 Å². The Morgan fingerprint density at radius 1 is 1.24 bits per heavy atom. The number of nitrogens with zero attached hydrogens (tertiary/aromatic N) is 1. The number of halogens is 2. The molecule has 2 N–H and O–H groups in total. The molecule has 0 spiro atoms. The zero-order valence-electron chi connectivity index (χ0n) is 9.83. The molecule has 0 saturated carbocycles. The van der Waals surface area contributed by atoms with E-state index in [2.05, 4.69) is 4.90 Å². The number of nitrogens with two attached hydrogens (primary N) is 1. The maximum Gasteiger partial charge on any atom is 0.0424 e. The summed E-state index contributed by atoms with van der Waals surface area (Å²) in [6.07, 6.45) is 2.49. The molecule has 1 heterocycles. The summed E-state index contributed by atoms with van der Waals surface area (Å²) in [4.78, 5) is 2.43. The maximum absolute atomic E-state index is 6.00. The number of rotatable bonds is 3. The molecule has 1 atom stereocenters. The maximum atomic E-state index is 6.00. The number of hydrogen-bond acceptors (Lipinski definition) is 2. The zero-order chi connectivity index (χ0) is 12.3. The third-order valence-corrected chi connectivity index (χ3v) is 3.70. The van der Waals surface area contributed by atoms with Crippen molar-refractivity contribution in [3.8, 4) is 0 Å². The molecule has 17 heavy (non-hydrogen) atoms. The van der Waals surface area contributed by atoms with Gasteiger partial charge >= 0.3 is 0 Å². The molecule has 0 amide bonds. The molecular formula is C13H18Cl2N2. The Labute approximate surface area is 113 Å². The Morgan fingerprint density at radius 2 is 1.94 bits per heavy atom. The third kappa shape index (κ3) is 3.85. The molecular weight excluding hydrogens is 255 g/mol. The van der Waals surface area contributed by atoms with Gasteiger partial charge in [-0.3, -0.25) is 4.90 Å². The average molecular weight is 273 g/mol. The summed E-state index contributed by atoms with van der Waals surface area (Å²) in [6, 6.07) is 5.74. The molecule has 0 radical (unpaired) electrons. The first-order valence-electron chi connectivity index (χ1n) is 6.05. The van der Waals surface area contributed by atoms with E-state index in [1.165, 1.54) is 18.4 Å². The molecule has 0 bridgehead atoms. The second-order valence-corrected chi connectivity index (χ2v) is 5.63. The zero-order valence-corrected chi connectivity index (χ0v) is 11.3. The molecule has 1 aliphatic rings. The van der Waals surface area contributed by atoms with E-state index in [0.29, 0.717) is 16.0 Å². The van der Waals surface area contributed by atoms with E-state index in [1.54, 1.807) is 6.07 Å². The van der Waals surface area contributed by atoms with Crippen molar-refractivity contribution in [1.29, 1.82) is 0 Å². The van der Waals surface area contributed by atoms with Crippen LogP contribution in [0.4, 0.5) is 0 Å². The quantitative estimate of drug-likeness (QED) is 0.916. The van der Waals surface area contributed by atoms with Crippen molar-refractivity contribution >= 4 is 23.2 Å². The molecule has 94 valence electrons. The SMILES string of the molecule is NCC1CCCN(Cc2cc(Cl)cc(Cl)c2)C1. The summed E-state index contributed by atoms with van der Waals surface area (Å²) in [6.45, 7) is 3.92. The molecule has 0 aromatic heterocycles. The highest BCUT2D eigenvalue weighted by Gasteiger charge is 2.18. The van der Waals surface area contributed by atoms with Crippen molar-refractivity contribution in [3.05, 3.63) is 33.8 Å². The molecule has 1 saturated heterocycles. The van der Waals surface area contributed by atoms with E-state index >= 15 is 0 Å². The third-order valence-electron chi connectivity index (χ3n) is 3.26. The van der Waals surface area contributed by atoms with Crippen molar-refractivity contribution in [3.63, 3.8) is 0 Å². The lowest BCUT2D eigenvalue weighted by Gasteiger charge is -2.32. The van der Waals surface area contributed by atoms with Gasteiger partial charge in [0.15, 0.2) is 0 Å². The van der Waals surface area contributed by atoms with Crippen LogP contribution in [0.3, 0.4) is 0 Å². The molecule has 1 aromatic rings. The highest BCUT2D eigenvalue weighted by atomic mass is 35.5. The van der Waals surface area contributed by atoms with Crippen molar-refractivity contribution in [2.75, 3.05) is 19.6 Å². The molecule has 2 rings (SSSR count). The second-order valence-electron chi connectivity index (χ2n) is 4.76. The summed E-state index contributed by atoms with van der Waals surface area (Å²) >= 11 is 12.0. The number of piperidine rings is 1. The smallest absolute Gasteiger partial charge is 0.0424 e. The van der Waals surface area contributed by atoms with Gasteiger partial charge in [-0.05, 0) is 55.6 Å². The van der Waals surface area contributed by atoms with Gasteiger partial charge in [-0.1, -0.05) is 23.2 Å². The van der Waals surface area contributed by atoms with Gasteiger partial charge in [0.1, 0.15) is 0 Å². The lowest BCUT2D eigenvalue weighted by atomic mass is 9.98. The first-order valence-corrected chi connectivity index (χ1v) is 6.80. The summed E-state index contributed by atoms with van der Waals surface area (Å²) in [5.41, 5.74) is 6.92. The standard InChI is InChI=1S/C13H18Cl2N2/c14-12-4-11(5-13(15)6-12)9-17-3-1-2-10(7-16)8-17/h4-6,10H,1-3,7-9,16H2. The van der Waals surface area contributed by atoms with Crippen LogP contribution < -0.4 is 5.73 Å². The van der Waals surface area contributed by atoms with Crippen LogP contribution in [0, 0.1) is 5.92 Å². The normalized spacial score (nSPS) is 21.7. The monoisotopic (exact) mass is 272 g/mol. The van der Waals surface area contributed by atoms with Crippen LogP contribution in [-0.4, -0.2) is 24.5 Å². The molecule has 1 aromatic carbocycles. The number of likely N-dealkylation sites (tertiary alicyclic amines) is 1. The van der Waals surface area contributed by atoms with Crippen LogP contribution in [0.1, 0.15) is 18.4 Å². The molecule has 1 fully saturated rings. The van der Waals surface area contributed by atoms with Crippen LogP contribution in [0.25, 0.3) is 0 Å². The van der Waals surface area contributed by atoms with Crippen LogP contribution in [-0.2, 0) is 6.54 Å². The molecule has 2 nitrogen and oxygen atoms in total. The van der Waals surface area contributed by atoms with Crippen LogP contribution in [0.5, 0.6) is 0 Å². The first kappa shape index (κ1) is 13.2. The van der Waals surface area contributed by atoms with Gasteiger partial charge in [-0.15, -0.1) is 0 Å². The second kappa shape index (κ2) is 6.05. The van der Waals surface area contributed by atoms with Crippen LogP contribution in [0.2, 0.25) is 10.0 Å².